The maximum atomic E-state index is 11.8. The standard InChI is InChI=1S/C13H14N2O2/c1-10(11-5-3-2-4-6-11)15-8-12(7-14)17-9-13(15)16/h2-6,10,12H,8-9H2,1H3. The van der Waals surface area contributed by atoms with Crippen LogP contribution in [0.3, 0.4) is 0 Å². The van der Waals surface area contributed by atoms with Crippen molar-refractivity contribution in [1.82, 2.24) is 4.90 Å². The fourth-order valence-corrected chi connectivity index (χ4v) is 1.95. The van der Waals surface area contributed by atoms with Gasteiger partial charge in [0.2, 0.25) is 5.91 Å². The largest absolute Gasteiger partial charge is 0.352 e. The maximum absolute atomic E-state index is 11.8. The molecule has 0 N–H and O–H groups in total. The van der Waals surface area contributed by atoms with E-state index in [2.05, 4.69) is 0 Å². The molecule has 2 atom stereocenters. The summed E-state index contributed by atoms with van der Waals surface area (Å²) in [5, 5.41) is 8.83. The van der Waals surface area contributed by atoms with Gasteiger partial charge in [-0.05, 0) is 12.5 Å². The molecule has 1 aromatic carbocycles. The van der Waals surface area contributed by atoms with Crippen molar-refractivity contribution in [3.05, 3.63) is 35.9 Å². The van der Waals surface area contributed by atoms with Gasteiger partial charge in [0.25, 0.3) is 0 Å². The molecule has 1 aromatic rings. The van der Waals surface area contributed by atoms with Crippen LogP contribution in [0.25, 0.3) is 0 Å². The number of morpholine rings is 1. The van der Waals surface area contributed by atoms with Gasteiger partial charge in [-0.25, -0.2) is 0 Å². The molecule has 88 valence electrons. The zero-order valence-corrected chi connectivity index (χ0v) is 9.67. The lowest BCUT2D eigenvalue weighted by atomic mass is 10.1. The minimum atomic E-state index is -0.515. The lowest BCUT2D eigenvalue weighted by Gasteiger charge is -2.34. The van der Waals surface area contributed by atoms with E-state index in [0.717, 1.165) is 5.56 Å². The Labute approximate surface area is 100 Å². The van der Waals surface area contributed by atoms with Crippen LogP contribution in [0.15, 0.2) is 30.3 Å². The van der Waals surface area contributed by atoms with Gasteiger partial charge in [0.15, 0.2) is 6.10 Å². The third-order valence-electron chi connectivity index (χ3n) is 2.98. The van der Waals surface area contributed by atoms with E-state index in [9.17, 15) is 4.79 Å². The number of hydrogen-bond donors (Lipinski definition) is 0. The van der Waals surface area contributed by atoms with Gasteiger partial charge in [0.1, 0.15) is 6.61 Å². The summed E-state index contributed by atoms with van der Waals surface area (Å²) in [5.74, 6) is -0.0622. The SMILES string of the molecule is CC(c1ccccc1)N1CC(C#N)OCC1=O. The van der Waals surface area contributed by atoms with Crippen LogP contribution in [0.2, 0.25) is 0 Å². The number of ether oxygens (including phenoxy) is 1. The first kappa shape index (κ1) is 11.6. The summed E-state index contributed by atoms with van der Waals surface area (Å²) in [5.41, 5.74) is 1.07. The van der Waals surface area contributed by atoms with Gasteiger partial charge in [-0.1, -0.05) is 30.3 Å². The molecule has 1 aliphatic rings. The molecule has 0 aromatic heterocycles. The second kappa shape index (κ2) is 4.98. The number of hydrogen-bond acceptors (Lipinski definition) is 3. The third-order valence-corrected chi connectivity index (χ3v) is 2.98. The molecule has 2 rings (SSSR count). The minimum absolute atomic E-state index is 0.00456. The summed E-state index contributed by atoms with van der Waals surface area (Å²) in [4.78, 5) is 13.5. The van der Waals surface area contributed by atoms with E-state index in [4.69, 9.17) is 10.00 Å². The summed E-state index contributed by atoms with van der Waals surface area (Å²) in [6.45, 7) is 2.30. The van der Waals surface area contributed by atoms with Crippen molar-refractivity contribution < 1.29 is 9.53 Å². The van der Waals surface area contributed by atoms with E-state index in [1.54, 1.807) is 4.90 Å². The van der Waals surface area contributed by atoms with Crippen LogP contribution in [0, 0.1) is 11.3 Å². The van der Waals surface area contributed by atoms with Gasteiger partial charge in [0, 0.05) is 0 Å². The number of amides is 1. The van der Waals surface area contributed by atoms with Crippen LogP contribution in [-0.4, -0.2) is 30.1 Å². The van der Waals surface area contributed by atoms with Crippen molar-refractivity contribution in [3.8, 4) is 6.07 Å². The molecule has 1 amide bonds. The Balaban J connectivity index is 2.15. The molecule has 1 fully saturated rings. The Morgan fingerprint density at radius 3 is 2.82 bits per heavy atom. The van der Waals surface area contributed by atoms with E-state index in [1.807, 2.05) is 43.3 Å². The quantitative estimate of drug-likeness (QED) is 0.773. The van der Waals surface area contributed by atoms with E-state index in [-0.39, 0.29) is 18.6 Å². The molecule has 4 heteroatoms. The predicted octanol–water partition coefficient (Wildman–Crippen LogP) is 1.50. The summed E-state index contributed by atoms with van der Waals surface area (Å²) in [7, 11) is 0. The Bertz CT molecular complexity index is 438. The van der Waals surface area contributed by atoms with Gasteiger partial charge in [0.05, 0.1) is 18.7 Å². The smallest absolute Gasteiger partial charge is 0.249 e. The molecule has 0 radical (unpaired) electrons. The summed E-state index contributed by atoms with van der Waals surface area (Å²) in [6.07, 6.45) is -0.515. The van der Waals surface area contributed by atoms with Crippen LogP contribution in [0.5, 0.6) is 0 Å². The number of benzene rings is 1. The van der Waals surface area contributed by atoms with E-state index in [1.165, 1.54) is 0 Å². The first-order valence-electron chi connectivity index (χ1n) is 5.58. The van der Waals surface area contributed by atoms with E-state index < -0.39 is 6.10 Å². The molecule has 17 heavy (non-hydrogen) atoms. The first-order valence-corrected chi connectivity index (χ1v) is 5.58. The monoisotopic (exact) mass is 230 g/mol. The zero-order valence-electron chi connectivity index (χ0n) is 9.67. The Morgan fingerprint density at radius 1 is 1.47 bits per heavy atom. The van der Waals surface area contributed by atoms with Crippen molar-refractivity contribution in [1.29, 1.82) is 5.26 Å². The highest BCUT2D eigenvalue weighted by molar-refractivity contribution is 5.78. The number of nitriles is 1. The molecule has 0 bridgehead atoms. The van der Waals surface area contributed by atoms with Crippen molar-refractivity contribution in [2.45, 2.75) is 19.1 Å². The van der Waals surface area contributed by atoms with Crippen LogP contribution < -0.4 is 0 Å². The molecule has 0 saturated carbocycles. The van der Waals surface area contributed by atoms with Gasteiger partial charge in [-0.15, -0.1) is 0 Å². The molecule has 1 heterocycles. The summed E-state index contributed by atoms with van der Waals surface area (Å²) >= 11 is 0. The second-order valence-corrected chi connectivity index (χ2v) is 4.06. The second-order valence-electron chi connectivity index (χ2n) is 4.06. The zero-order chi connectivity index (χ0) is 12.3. The fraction of sp³-hybridized carbons (Fsp3) is 0.385. The minimum Gasteiger partial charge on any atom is -0.352 e. The predicted molar refractivity (Wildman–Crippen MR) is 61.9 cm³/mol. The van der Waals surface area contributed by atoms with Gasteiger partial charge < -0.3 is 9.64 Å². The van der Waals surface area contributed by atoms with Crippen LogP contribution >= 0.6 is 0 Å². The average Bonchev–Trinajstić information content (AvgIpc) is 2.39. The first-order chi connectivity index (χ1) is 8.22. The summed E-state index contributed by atoms with van der Waals surface area (Å²) < 4.78 is 5.10. The lowest BCUT2D eigenvalue weighted by Crippen LogP contribution is -2.47. The Morgan fingerprint density at radius 2 is 2.18 bits per heavy atom. The Kier molecular flexibility index (Phi) is 3.40. The summed E-state index contributed by atoms with van der Waals surface area (Å²) in [6, 6.07) is 11.8. The number of carbonyl (C=O) groups excluding carboxylic acids is 1. The fourth-order valence-electron chi connectivity index (χ4n) is 1.95. The molecular weight excluding hydrogens is 216 g/mol. The number of rotatable bonds is 2. The van der Waals surface area contributed by atoms with Crippen LogP contribution in [-0.2, 0) is 9.53 Å². The Hall–Kier alpha value is -1.86. The maximum Gasteiger partial charge on any atom is 0.249 e. The van der Waals surface area contributed by atoms with Crippen molar-refractivity contribution in [3.63, 3.8) is 0 Å². The van der Waals surface area contributed by atoms with Crippen molar-refractivity contribution in [2.24, 2.45) is 0 Å². The molecular formula is C13H14N2O2. The van der Waals surface area contributed by atoms with E-state index >= 15 is 0 Å². The van der Waals surface area contributed by atoms with Gasteiger partial charge in [-0.2, -0.15) is 5.26 Å². The lowest BCUT2D eigenvalue weighted by molar-refractivity contribution is -0.148. The highest BCUT2D eigenvalue weighted by Gasteiger charge is 2.29. The van der Waals surface area contributed by atoms with Gasteiger partial charge >= 0.3 is 0 Å². The normalized spacial score (nSPS) is 22.0. The topological polar surface area (TPSA) is 53.3 Å². The molecule has 1 saturated heterocycles. The van der Waals surface area contributed by atoms with E-state index in [0.29, 0.717) is 6.54 Å². The molecule has 0 aliphatic carbocycles. The molecule has 4 nitrogen and oxygen atoms in total. The van der Waals surface area contributed by atoms with Gasteiger partial charge in [-0.3, -0.25) is 4.79 Å². The molecule has 2 unspecified atom stereocenters. The number of nitrogens with zero attached hydrogens (tertiary/aromatic N) is 2. The molecule has 0 spiro atoms. The highest BCUT2D eigenvalue weighted by atomic mass is 16.5. The van der Waals surface area contributed by atoms with Crippen LogP contribution in [0.1, 0.15) is 18.5 Å². The number of carbonyl (C=O) groups is 1. The van der Waals surface area contributed by atoms with Crippen molar-refractivity contribution in [2.75, 3.05) is 13.2 Å². The van der Waals surface area contributed by atoms with Crippen LogP contribution in [0.4, 0.5) is 0 Å². The average molecular weight is 230 g/mol. The third kappa shape index (κ3) is 2.45. The van der Waals surface area contributed by atoms with Crippen molar-refractivity contribution >= 4 is 5.91 Å². The molecule has 1 aliphatic heterocycles. The highest BCUT2D eigenvalue weighted by Crippen LogP contribution is 2.22.